The first-order valence-corrected chi connectivity index (χ1v) is 12.1. The van der Waals surface area contributed by atoms with E-state index < -0.39 is 0 Å². The summed E-state index contributed by atoms with van der Waals surface area (Å²) in [4.78, 5) is 24.6. The largest absolute Gasteiger partial charge is 0.310 e. The van der Waals surface area contributed by atoms with E-state index in [0.717, 1.165) is 51.3 Å². The first-order chi connectivity index (χ1) is 15.0. The Morgan fingerprint density at radius 2 is 2.26 bits per heavy atom. The molecule has 1 aromatic carbocycles. The van der Waals surface area contributed by atoms with Crippen molar-refractivity contribution in [2.75, 3.05) is 0 Å². The maximum absolute atomic E-state index is 13.4. The zero-order valence-electron chi connectivity index (χ0n) is 17.4. The molecule has 3 aromatic heterocycles. The van der Waals surface area contributed by atoms with Crippen LogP contribution in [0, 0.1) is 12.7 Å². The highest BCUT2D eigenvalue weighted by molar-refractivity contribution is 7.18. The normalized spacial score (nSPS) is 17.1. The lowest BCUT2D eigenvalue weighted by Gasteiger charge is -2.23. The van der Waals surface area contributed by atoms with Gasteiger partial charge in [0, 0.05) is 22.8 Å². The van der Waals surface area contributed by atoms with E-state index in [0.29, 0.717) is 12.6 Å². The second-order valence-electron chi connectivity index (χ2n) is 8.06. The minimum atomic E-state index is -0.209. The first-order valence-electron chi connectivity index (χ1n) is 10.4. The van der Waals surface area contributed by atoms with E-state index in [2.05, 4.69) is 15.3 Å². The standard InChI is InChI=1S/C23H23FN4OS2/c1-13(19-11-30-14(2)27-19)28-12-26-22-21(23(28)29)18-7-6-17(9-20(18)31-22)25-10-15-4-3-5-16(24)8-15/h3-5,8,11-13,17,25H,6-7,9-10H2,1-2H3/t13-,17+/m1/s1. The predicted molar refractivity (Wildman–Crippen MR) is 124 cm³/mol. The number of nitrogens with one attached hydrogen (secondary N) is 1. The number of fused-ring (bicyclic) bond motifs is 3. The number of thiazole rings is 1. The van der Waals surface area contributed by atoms with Crippen LogP contribution in [0.1, 0.15) is 46.1 Å². The molecule has 31 heavy (non-hydrogen) atoms. The number of aryl methyl sites for hydroxylation is 2. The molecule has 0 bridgehead atoms. The Labute approximate surface area is 187 Å². The quantitative estimate of drug-likeness (QED) is 0.478. The molecule has 0 amide bonds. The highest BCUT2D eigenvalue weighted by atomic mass is 32.1. The fourth-order valence-electron chi connectivity index (χ4n) is 4.25. The van der Waals surface area contributed by atoms with Crippen LogP contribution in [0.25, 0.3) is 10.2 Å². The van der Waals surface area contributed by atoms with Crippen LogP contribution in [0.2, 0.25) is 0 Å². The zero-order valence-corrected chi connectivity index (χ0v) is 19.0. The average Bonchev–Trinajstić information content (AvgIpc) is 3.35. The topological polar surface area (TPSA) is 59.8 Å². The van der Waals surface area contributed by atoms with Gasteiger partial charge in [0.2, 0.25) is 0 Å². The number of benzene rings is 1. The summed E-state index contributed by atoms with van der Waals surface area (Å²) >= 11 is 3.22. The minimum Gasteiger partial charge on any atom is -0.310 e. The number of thiophene rings is 1. The van der Waals surface area contributed by atoms with Crippen molar-refractivity contribution in [1.29, 1.82) is 0 Å². The maximum Gasteiger partial charge on any atom is 0.262 e. The fourth-order valence-corrected chi connectivity index (χ4v) is 6.21. The zero-order chi connectivity index (χ0) is 21.5. The van der Waals surface area contributed by atoms with Gasteiger partial charge in [0.25, 0.3) is 5.56 Å². The maximum atomic E-state index is 13.4. The molecule has 1 N–H and O–H groups in total. The van der Waals surface area contributed by atoms with Gasteiger partial charge in [-0.05, 0) is 56.4 Å². The smallest absolute Gasteiger partial charge is 0.262 e. The molecule has 4 aromatic rings. The Kier molecular flexibility index (Phi) is 5.45. The summed E-state index contributed by atoms with van der Waals surface area (Å²) in [7, 11) is 0. The molecule has 2 atom stereocenters. The highest BCUT2D eigenvalue weighted by Crippen LogP contribution is 2.34. The molecule has 0 unspecified atom stereocenters. The SMILES string of the molecule is Cc1nc([C@@H](C)n2cnc3sc4c(c3c2=O)CC[C@H](NCc2cccc(F)c2)C4)cs1. The molecule has 0 saturated heterocycles. The second kappa shape index (κ2) is 8.26. The van der Waals surface area contributed by atoms with Gasteiger partial charge < -0.3 is 5.32 Å². The van der Waals surface area contributed by atoms with Gasteiger partial charge >= 0.3 is 0 Å². The predicted octanol–water partition coefficient (Wildman–Crippen LogP) is 4.62. The summed E-state index contributed by atoms with van der Waals surface area (Å²) in [5, 5.41) is 7.32. The van der Waals surface area contributed by atoms with Crippen LogP contribution in [-0.2, 0) is 19.4 Å². The Hall–Kier alpha value is -2.42. The number of nitrogens with zero attached hydrogens (tertiary/aromatic N) is 3. The molecule has 1 aliphatic carbocycles. The van der Waals surface area contributed by atoms with Gasteiger partial charge in [0.1, 0.15) is 10.6 Å². The molecule has 160 valence electrons. The van der Waals surface area contributed by atoms with E-state index in [9.17, 15) is 9.18 Å². The van der Waals surface area contributed by atoms with Gasteiger partial charge in [-0.3, -0.25) is 9.36 Å². The van der Waals surface area contributed by atoms with Crippen molar-refractivity contribution in [1.82, 2.24) is 19.9 Å². The Morgan fingerprint density at radius 1 is 1.39 bits per heavy atom. The molecular formula is C23H23FN4OS2. The number of aromatic nitrogens is 3. The Morgan fingerprint density at radius 3 is 3.03 bits per heavy atom. The lowest BCUT2D eigenvalue weighted by Crippen LogP contribution is -2.34. The minimum absolute atomic E-state index is 0.0202. The van der Waals surface area contributed by atoms with E-state index in [-0.39, 0.29) is 17.4 Å². The fraction of sp³-hybridized carbons (Fsp3) is 0.348. The number of rotatable bonds is 5. The van der Waals surface area contributed by atoms with Gasteiger partial charge in [0.05, 0.1) is 28.5 Å². The van der Waals surface area contributed by atoms with E-state index in [4.69, 9.17) is 0 Å². The van der Waals surface area contributed by atoms with E-state index in [1.54, 1.807) is 45.7 Å². The molecule has 0 radical (unpaired) electrons. The number of halogens is 1. The third kappa shape index (κ3) is 3.95. The van der Waals surface area contributed by atoms with Crippen LogP contribution in [0.5, 0.6) is 0 Å². The molecule has 0 aliphatic heterocycles. The van der Waals surface area contributed by atoms with Crippen LogP contribution < -0.4 is 10.9 Å². The van der Waals surface area contributed by atoms with Gasteiger partial charge in [-0.25, -0.2) is 14.4 Å². The van der Waals surface area contributed by atoms with Crippen molar-refractivity contribution in [3.63, 3.8) is 0 Å². The van der Waals surface area contributed by atoms with Crippen molar-refractivity contribution in [3.8, 4) is 0 Å². The van der Waals surface area contributed by atoms with Crippen molar-refractivity contribution in [2.24, 2.45) is 0 Å². The lowest BCUT2D eigenvalue weighted by atomic mass is 9.93. The summed E-state index contributed by atoms with van der Waals surface area (Å²) in [6.07, 6.45) is 4.32. The van der Waals surface area contributed by atoms with Crippen molar-refractivity contribution < 1.29 is 4.39 Å². The van der Waals surface area contributed by atoms with Gasteiger partial charge in [0.15, 0.2) is 0 Å². The molecule has 3 heterocycles. The third-order valence-corrected chi connectivity index (χ3v) is 7.91. The van der Waals surface area contributed by atoms with E-state index in [1.165, 1.54) is 10.9 Å². The molecule has 0 spiro atoms. The average molecular weight is 455 g/mol. The summed E-state index contributed by atoms with van der Waals surface area (Å²) in [6, 6.07) is 6.86. The molecule has 8 heteroatoms. The van der Waals surface area contributed by atoms with Crippen LogP contribution in [-0.4, -0.2) is 20.6 Å². The molecular weight excluding hydrogens is 431 g/mol. The van der Waals surface area contributed by atoms with Crippen LogP contribution in [0.4, 0.5) is 4.39 Å². The van der Waals surface area contributed by atoms with Crippen molar-refractivity contribution >= 4 is 32.9 Å². The van der Waals surface area contributed by atoms with Gasteiger partial charge in [-0.15, -0.1) is 22.7 Å². The molecule has 1 aliphatic rings. The van der Waals surface area contributed by atoms with Gasteiger partial charge in [-0.2, -0.15) is 0 Å². The van der Waals surface area contributed by atoms with E-state index >= 15 is 0 Å². The summed E-state index contributed by atoms with van der Waals surface area (Å²) in [5.41, 5.74) is 3.01. The van der Waals surface area contributed by atoms with Crippen molar-refractivity contribution in [2.45, 2.75) is 51.7 Å². The summed E-state index contributed by atoms with van der Waals surface area (Å²) < 4.78 is 15.1. The van der Waals surface area contributed by atoms with Crippen molar-refractivity contribution in [3.05, 3.63) is 78.8 Å². The molecule has 0 saturated carbocycles. The lowest BCUT2D eigenvalue weighted by molar-refractivity contribution is 0.462. The highest BCUT2D eigenvalue weighted by Gasteiger charge is 2.26. The summed E-state index contributed by atoms with van der Waals surface area (Å²) in [5.74, 6) is -0.209. The summed E-state index contributed by atoms with van der Waals surface area (Å²) in [6.45, 7) is 4.60. The molecule has 5 rings (SSSR count). The van der Waals surface area contributed by atoms with Crippen LogP contribution in [0.3, 0.4) is 0 Å². The molecule has 0 fully saturated rings. The van der Waals surface area contributed by atoms with Gasteiger partial charge in [-0.1, -0.05) is 12.1 Å². The Balaban J connectivity index is 1.39. The third-order valence-electron chi connectivity index (χ3n) is 5.96. The van der Waals surface area contributed by atoms with E-state index in [1.807, 2.05) is 25.3 Å². The Bertz CT molecular complexity index is 1310. The van der Waals surface area contributed by atoms with Crippen LogP contribution in [0.15, 0.2) is 40.8 Å². The monoisotopic (exact) mass is 454 g/mol. The molecule has 5 nitrogen and oxygen atoms in total. The second-order valence-corrected chi connectivity index (χ2v) is 10.2. The first kappa shape index (κ1) is 20.5. The number of hydrogen-bond donors (Lipinski definition) is 1. The number of hydrogen-bond acceptors (Lipinski definition) is 6. The van der Waals surface area contributed by atoms with Crippen LogP contribution >= 0.6 is 22.7 Å².